The lowest BCUT2D eigenvalue weighted by atomic mass is 10.5. The maximum atomic E-state index is 10.8. The lowest BCUT2D eigenvalue weighted by Gasteiger charge is -2.09. The molecule has 0 saturated carbocycles. The van der Waals surface area contributed by atoms with E-state index < -0.39 is 5.97 Å². The summed E-state index contributed by atoms with van der Waals surface area (Å²) >= 11 is 0. The van der Waals surface area contributed by atoms with Crippen LogP contribution in [0, 0.1) is 0 Å². The van der Waals surface area contributed by atoms with Crippen LogP contribution >= 0.6 is 0 Å². The van der Waals surface area contributed by atoms with Gasteiger partial charge in [-0.15, -0.1) is 0 Å². The van der Waals surface area contributed by atoms with Crippen LogP contribution in [0.5, 0.6) is 0 Å². The van der Waals surface area contributed by atoms with Crippen molar-refractivity contribution in [1.29, 1.82) is 0 Å². The summed E-state index contributed by atoms with van der Waals surface area (Å²) in [6.07, 6.45) is 0.230. The van der Waals surface area contributed by atoms with Crippen molar-refractivity contribution >= 4 is 5.97 Å². The van der Waals surface area contributed by atoms with Crippen LogP contribution < -0.4 is 0 Å². The quantitative estimate of drug-likeness (QED) is 0.0966. The molecule has 0 aliphatic rings. The molecule has 0 aromatic rings. The van der Waals surface area contributed by atoms with E-state index in [1.165, 1.54) is 7.11 Å². The van der Waals surface area contributed by atoms with Gasteiger partial charge in [-0.2, -0.15) is 0 Å². The van der Waals surface area contributed by atoms with Crippen LogP contribution in [0.4, 0.5) is 0 Å². The number of esters is 1. The van der Waals surface area contributed by atoms with E-state index in [1.807, 2.05) is 13.8 Å². The minimum atomic E-state index is -0.405. The van der Waals surface area contributed by atoms with Gasteiger partial charge in [0, 0.05) is 0 Å². The Hall–Kier alpha value is -0.930. The first-order valence-electron chi connectivity index (χ1n) is 12.5. The fourth-order valence-electron chi connectivity index (χ4n) is 2.32. The maximum absolute atomic E-state index is 10.8. The lowest BCUT2D eigenvalue weighted by Crippen LogP contribution is -2.16. The summed E-state index contributed by atoms with van der Waals surface area (Å²) in [6.45, 7) is 12.9. The molecular weight excluding hydrogens is 480 g/mol. The van der Waals surface area contributed by atoms with Crippen molar-refractivity contribution in [2.24, 2.45) is 0 Å². The predicted molar refractivity (Wildman–Crippen MR) is 130 cm³/mol. The monoisotopic (exact) mass is 528 g/mol. The second-order valence-corrected chi connectivity index (χ2v) is 7.45. The molecule has 0 heterocycles. The number of methoxy groups -OCH3 is 1. The first-order chi connectivity index (χ1) is 17.7. The van der Waals surface area contributed by atoms with Crippen molar-refractivity contribution in [3.8, 4) is 0 Å². The summed E-state index contributed by atoms with van der Waals surface area (Å²) in [7, 11) is 1.32. The van der Waals surface area contributed by atoms with Crippen LogP contribution in [0.3, 0.4) is 0 Å². The van der Waals surface area contributed by atoms with E-state index in [0.29, 0.717) is 119 Å². The van der Waals surface area contributed by atoms with Gasteiger partial charge in [-0.25, -0.2) is 4.79 Å². The third kappa shape index (κ3) is 31.1. The van der Waals surface area contributed by atoms with Gasteiger partial charge in [-0.3, -0.25) is 0 Å². The van der Waals surface area contributed by atoms with Gasteiger partial charge in [0.25, 0.3) is 0 Å². The Kier molecular flexibility index (Phi) is 29.5. The molecular formula is C24H48O12. The molecule has 0 radical (unpaired) electrons. The van der Waals surface area contributed by atoms with E-state index in [1.54, 1.807) is 0 Å². The second kappa shape index (κ2) is 30.3. The molecule has 0 bridgehead atoms. The minimum Gasteiger partial charge on any atom is -0.467 e. The summed E-state index contributed by atoms with van der Waals surface area (Å²) in [5, 5.41) is 0. The number of carbonyl (C=O) groups is 1. The molecule has 0 atom stereocenters. The molecule has 0 aliphatic carbocycles. The first kappa shape index (κ1) is 35.1. The van der Waals surface area contributed by atoms with Crippen LogP contribution in [0.15, 0.2) is 0 Å². The Labute approximate surface area is 216 Å². The average molecular weight is 529 g/mol. The Balaban J connectivity index is 3.04. The SMILES string of the molecule is COC(=O)COCCOCCOCCOCCOCCOCCOCCOCCOCCOC(C)C. The van der Waals surface area contributed by atoms with Crippen molar-refractivity contribution in [3.63, 3.8) is 0 Å². The van der Waals surface area contributed by atoms with E-state index in [4.69, 9.17) is 47.4 Å². The lowest BCUT2D eigenvalue weighted by molar-refractivity contribution is -0.146. The zero-order chi connectivity index (χ0) is 26.4. The highest BCUT2D eigenvalue weighted by Crippen LogP contribution is 1.88. The molecule has 12 heteroatoms. The molecule has 0 unspecified atom stereocenters. The van der Waals surface area contributed by atoms with Gasteiger partial charge in [0.2, 0.25) is 0 Å². The van der Waals surface area contributed by atoms with Gasteiger partial charge < -0.3 is 52.1 Å². The van der Waals surface area contributed by atoms with Crippen LogP contribution in [0.1, 0.15) is 13.8 Å². The van der Waals surface area contributed by atoms with Crippen LogP contribution in [0.2, 0.25) is 0 Å². The van der Waals surface area contributed by atoms with Crippen LogP contribution in [-0.2, 0) is 56.9 Å². The highest BCUT2D eigenvalue weighted by molar-refractivity contribution is 5.70. The van der Waals surface area contributed by atoms with Gasteiger partial charge in [0.15, 0.2) is 0 Å². The standard InChI is InChI=1S/C24H48O12/c1-23(2)36-21-20-34-17-16-32-13-12-30-9-8-28-5-4-27-6-7-29-10-11-31-14-15-33-18-19-35-22-24(25)26-3/h23H,4-22H2,1-3H3. The van der Waals surface area contributed by atoms with Crippen molar-refractivity contribution < 1.29 is 56.9 Å². The fraction of sp³-hybridized carbons (Fsp3) is 0.958. The highest BCUT2D eigenvalue weighted by Gasteiger charge is 1.99. The van der Waals surface area contributed by atoms with Crippen molar-refractivity contribution in [3.05, 3.63) is 0 Å². The number of hydrogen-bond donors (Lipinski definition) is 0. The van der Waals surface area contributed by atoms with E-state index in [0.717, 1.165) is 0 Å². The summed E-state index contributed by atoms with van der Waals surface area (Å²) < 4.78 is 58.1. The van der Waals surface area contributed by atoms with Gasteiger partial charge in [0.1, 0.15) is 6.61 Å². The topological polar surface area (TPSA) is 119 Å². The van der Waals surface area contributed by atoms with Gasteiger partial charge in [0.05, 0.1) is 132 Å². The van der Waals surface area contributed by atoms with Crippen molar-refractivity contribution in [2.45, 2.75) is 20.0 Å². The third-order valence-electron chi connectivity index (χ3n) is 4.10. The fourth-order valence-corrected chi connectivity index (χ4v) is 2.32. The molecule has 0 fully saturated rings. The molecule has 0 spiro atoms. The molecule has 216 valence electrons. The van der Waals surface area contributed by atoms with E-state index >= 15 is 0 Å². The zero-order valence-electron chi connectivity index (χ0n) is 22.4. The van der Waals surface area contributed by atoms with Crippen molar-refractivity contribution in [1.82, 2.24) is 0 Å². The number of hydrogen-bond acceptors (Lipinski definition) is 12. The number of ether oxygens (including phenoxy) is 11. The Morgan fingerprint density at radius 1 is 0.444 bits per heavy atom. The van der Waals surface area contributed by atoms with Gasteiger partial charge in [-0.1, -0.05) is 0 Å². The Bertz CT molecular complexity index is 439. The van der Waals surface area contributed by atoms with E-state index in [9.17, 15) is 4.79 Å². The van der Waals surface area contributed by atoms with E-state index in [-0.39, 0.29) is 12.7 Å². The third-order valence-corrected chi connectivity index (χ3v) is 4.10. The number of rotatable bonds is 30. The maximum Gasteiger partial charge on any atom is 0.331 e. The molecule has 0 N–H and O–H groups in total. The Morgan fingerprint density at radius 2 is 0.694 bits per heavy atom. The van der Waals surface area contributed by atoms with E-state index in [2.05, 4.69) is 4.74 Å². The first-order valence-corrected chi connectivity index (χ1v) is 12.5. The number of carbonyl (C=O) groups excluding carboxylic acids is 1. The summed E-state index contributed by atoms with van der Waals surface area (Å²) in [4.78, 5) is 10.8. The smallest absolute Gasteiger partial charge is 0.331 e. The molecule has 0 rings (SSSR count). The van der Waals surface area contributed by atoms with Crippen LogP contribution in [0.25, 0.3) is 0 Å². The Morgan fingerprint density at radius 3 is 0.944 bits per heavy atom. The van der Waals surface area contributed by atoms with Gasteiger partial charge >= 0.3 is 5.97 Å². The average Bonchev–Trinajstić information content (AvgIpc) is 2.87. The molecule has 0 aromatic carbocycles. The predicted octanol–water partition coefficient (Wildman–Crippen LogP) is 0.734. The summed E-state index contributed by atoms with van der Waals surface area (Å²) in [6, 6.07) is 0. The van der Waals surface area contributed by atoms with Crippen LogP contribution in [-0.4, -0.2) is 145 Å². The normalized spacial score (nSPS) is 11.4. The molecule has 0 aromatic heterocycles. The highest BCUT2D eigenvalue weighted by atomic mass is 16.6. The summed E-state index contributed by atoms with van der Waals surface area (Å²) in [5.41, 5.74) is 0. The largest absolute Gasteiger partial charge is 0.467 e. The minimum absolute atomic E-state index is 0.0661. The molecule has 0 amide bonds. The second-order valence-electron chi connectivity index (χ2n) is 7.45. The molecule has 12 nitrogen and oxygen atoms in total. The van der Waals surface area contributed by atoms with Crippen molar-refractivity contribution in [2.75, 3.05) is 133 Å². The van der Waals surface area contributed by atoms with Gasteiger partial charge in [-0.05, 0) is 13.8 Å². The molecule has 0 aliphatic heterocycles. The zero-order valence-corrected chi connectivity index (χ0v) is 22.4. The molecule has 0 saturated heterocycles. The summed E-state index contributed by atoms with van der Waals surface area (Å²) in [5.74, 6) is -0.405. The molecule has 36 heavy (non-hydrogen) atoms.